The van der Waals surface area contributed by atoms with Crippen LogP contribution >= 0.6 is 34.8 Å². The van der Waals surface area contributed by atoms with Crippen LogP contribution in [0.25, 0.3) is 0 Å². The lowest BCUT2D eigenvalue weighted by molar-refractivity contribution is -0.383. The first-order valence-electron chi connectivity index (χ1n) is 7.20. The first-order chi connectivity index (χ1) is 11.8. The molecule has 9 heteroatoms. The quantitative estimate of drug-likeness (QED) is 0.534. The van der Waals surface area contributed by atoms with Crippen LogP contribution in [0.1, 0.15) is 18.5 Å². The van der Waals surface area contributed by atoms with Crippen molar-refractivity contribution in [1.82, 2.24) is 5.32 Å². The number of benzene rings is 2. The molecule has 0 saturated heterocycles. The highest BCUT2D eigenvalue weighted by Crippen LogP contribution is 2.28. The highest BCUT2D eigenvalue weighted by atomic mass is 35.5. The average molecular weight is 403 g/mol. The molecule has 2 aromatic carbocycles. The fourth-order valence-electron chi connectivity index (χ4n) is 2.17. The molecule has 0 heterocycles. The summed E-state index contributed by atoms with van der Waals surface area (Å²) in [5.41, 5.74) is 0.598. The van der Waals surface area contributed by atoms with E-state index in [1.807, 2.05) is 6.92 Å². The number of nitro benzene ring substituents is 1. The molecule has 1 amide bonds. The molecule has 0 aliphatic rings. The molecular formula is C16H14Cl3N3O3. The van der Waals surface area contributed by atoms with Crippen LogP contribution < -0.4 is 10.6 Å². The Kier molecular flexibility index (Phi) is 6.61. The monoisotopic (exact) mass is 401 g/mol. The molecular weight excluding hydrogens is 389 g/mol. The number of hydrogen-bond acceptors (Lipinski definition) is 4. The number of nitrogens with one attached hydrogen (secondary N) is 2. The molecule has 2 rings (SSSR count). The summed E-state index contributed by atoms with van der Waals surface area (Å²) in [6.07, 6.45) is 0. The molecule has 0 saturated carbocycles. The third-order valence-electron chi connectivity index (χ3n) is 3.43. The van der Waals surface area contributed by atoms with Gasteiger partial charge in [0.25, 0.3) is 5.69 Å². The van der Waals surface area contributed by atoms with Gasteiger partial charge in [-0.25, -0.2) is 0 Å². The van der Waals surface area contributed by atoms with E-state index in [0.717, 1.165) is 5.56 Å². The molecule has 6 nitrogen and oxygen atoms in total. The number of hydrogen-bond donors (Lipinski definition) is 2. The molecule has 2 aromatic rings. The maximum Gasteiger partial charge on any atom is 0.292 e. The maximum atomic E-state index is 12.1. The van der Waals surface area contributed by atoms with Crippen molar-refractivity contribution in [3.8, 4) is 0 Å². The fraction of sp³-hybridized carbons (Fsp3) is 0.188. The van der Waals surface area contributed by atoms with E-state index in [4.69, 9.17) is 34.8 Å². The topological polar surface area (TPSA) is 84.3 Å². The van der Waals surface area contributed by atoms with Gasteiger partial charge in [0.15, 0.2) is 0 Å². The maximum absolute atomic E-state index is 12.1. The molecule has 2 N–H and O–H groups in total. The predicted molar refractivity (Wildman–Crippen MR) is 99.6 cm³/mol. The van der Waals surface area contributed by atoms with Crippen LogP contribution in [0, 0.1) is 10.1 Å². The number of nitrogens with zero attached hydrogens (tertiary/aromatic N) is 1. The van der Waals surface area contributed by atoms with Crippen molar-refractivity contribution in [2.45, 2.75) is 13.0 Å². The molecule has 0 bridgehead atoms. The third kappa shape index (κ3) is 5.31. The molecule has 0 aliphatic heterocycles. The van der Waals surface area contributed by atoms with Crippen LogP contribution in [0.3, 0.4) is 0 Å². The van der Waals surface area contributed by atoms with Crippen LogP contribution in [0.5, 0.6) is 0 Å². The van der Waals surface area contributed by atoms with Gasteiger partial charge in [-0.2, -0.15) is 0 Å². The Balaban J connectivity index is 2.01. The number of rotatable bonds is 6. The lowest BCUT2D eigenvalue weighted by Gasteiger charge is -2.16. The highest BCUT2D eigenvalue weighted by Gasteiger charge is 2.17. The summed E-state index contributed by atoms with van der Waals surface area (Å²) in [4.78, 5) is 22.5. The van der Waals surface area contributed by atoms with Gasteiger partial charge >= 0.3 is 0 Å². The Bertz CT molecular complexity index is 814. The minimum Gasteiger partial charge on any atom is -0.319 e. The van der Waals surface area contributed by atoms with Gasteiger partial charge in [-0.15, -0.1) is 0 Å². The van der Waals surface area contributed by atoms with Crippen molar-refractivity contribution < 1.29 is 9.72 Å². The number of halogens is 3. The van der Waals surface area contributed by atoms with Crippen LogP contribution in [0.4, 0.5) is 11.4 Å². The van der Waals surface area contributed by atoms with E-state index in [0.29, 0.717) is 10.0 Å². The number of carbonyl (C=O) groups excluding carboxylic acids is 1. The molecule has 25 heavy (non-hydrogen) atoms. The molecule has 0 unspecified atom stereocenters. The van der Waals surface area contributed by atoms with Crippen LogP contribution in [-0.4, -0.2) is 17.4 Å². The lowest BCUT2D eigenvalue weighted by Crippen LogP contribution is -2.30. The summed E-state index contributed by atoms with van der Waals surface area (Å²) in [6.45, 7) is 1.77. The number of amides is 1. The van der Waals surface area contributed by atoms with Gasteiger partial charge in [-0.1, -0.05) is 40.9 Å². The Hall–Kier alpha value is -1.86. The first kappa shape index (κ1) is 19.5. The minimum atomic E-state index is -0.588. The molecule has 0 spiro atoms. The van der Waals surface area contributed by atoms with E-state index >= 15 is 0 Å². The van der Waals surface area contributed by atoms with E-state index in [9.17, 15) is 14.9 Å². The summed E-state index contributed by atoms with van der Waals surface area (Å²) in [5, 5.41) is 17.8. The summed E-state index contributed by atoms with van der Waals surface area (Å²) in [6, 6.07) is 8.83. The molecule has 0 aromatic heterocycles. The van der Waals surface area contributed by atoms with Crippen LogP contribution in [-0.2, 0) is 4.79 Å². The number of anilines is 1. The first-order valence-corrected chi connectivity index (χ1v) is 8.33. The Morgan fingerprint density at radius 1 is 1.16 bits per heavy atom. The largest absolute Gasteiger partial charge is 0.319 e. The minimum absolute atomic E-state index is 0.0430. The summed E-state index contributed by atoms with van der Waals surface area (Å²) >= 11 is 17.8. The Morgan fingerprint density at radius 2 is 1.80 bits per heavy atom. The van der Waals surface area contributed by atoms with Crippen molar-refractivity contribution >= 4 is 52.1 Å². The second kappa shape index (κ2) is 8.49. The van der Waals surface area contributed by atoms with Gasteiger partial charge in [0, 0.05) is 27.2 Å². The van der Waals surface area contributed by atoms with Crippen molar-refractivity contribution in [3.05, 3.63) is 67.1 Å². The van der Waals surface area contributed by atoms with Gasteiger partial charge in [0.1, 0.15) is 5.69 Å². The van der Waals surface area contributed by atoms with Crippen molar-refractivity contribution in [3.63, 3.8) is 0 Å². The van der Waals surface area contributed by atoms with Crippen LogP contribution in [0.2, 0.25) is 15.1 Å². The zero-order valence-electron chi connectivity index (χ0n) is 13.1. The Morgan fingerprint density at radius 3 is 2.44 bits per heavy atom. The average Bonchev–Trinajstić information content (AvgIpc) is 2.52. The van der Waals surface area contributed by atoms with E-state index in [1.165, 1.54) is 18.2 Å². The second-order valence-electron chi connectivity index (χ2n) is 5.24. The molecule has 0 radical (unpaired) electrons. The SMILES string of the molecule is C[C@@H](NCC(=O)Nc1cc(Cl)ccc1[N+](=O)[O-])c1ccc(Cl)cc1Cl. The van der Waals surface area contributed by atoms with Gasteiger partial charge in [0.2, 0.25) is 5.91 Å². The lowest BCUT2D eigenvalue weighted by atomic mass is 10.1. The van der Waals surface area contributed by atoms with Gasteiger partial charge in [-0.05, 0) is 36.8 Å². The zero-order chi connectivity index (χ0) is 18.6. The fourth-order valence-corrected chi connectivity index (χ4v) is 2.91. The third-order valence-corrected chi connectivity index (χ3v) is 4.22. The predicted octanol–water partition coefficient (Wildman–Crippen LogP) is 4.84. The zero-order valence-corrected chi connectivity index (χ0v) is 15.3. The molecule has 132 valence electrons. The van der Waals surface area contributed by atoms with Gasteiger partial charge in [0.05, 0.1) is 11.5 Å². The van der Waals surface area contributed by atoms with Crippen LogP contribution in [0.15, 0.2) is 36.4 Å². The van der Waals surface area contributed by atoms with E-state index in [1.54, 1.807) is 18.2 Å². The van der Waals surface area contributed by atoms with Crippen molar-refractivity contribution in [1.29, 1.82) is 0 Å². The summed E-state index contributed by atoms with van der Waals surface area (Å²) < 4.78 is 0. The van der Waals surface area contributed by atoms with E-state index in [-0.39, 0.29) is 29.0 Å². The Labute approximate surface area is 159 Å². The number of carbonyl (C=O) groups is 1. The van der Waals surface area contributed by atoms with Crippen molar-refractivity contribution in [2.24, 2.45) is 0 Å². The standard InChI is InChI=1S/C16H14Cl3N3O3/c1-9(12-4-2-10(17)6-13(12)19)20-8-16(23)21-14-7-11(18)3-5-15(14)22(24)25/h2-7,9,20H,8H2,1H3,(H,21,23)/t9-/m1/s1. The molecule has 0 fully saturated rings. The summed E-state index contributed by atoms with van der Waals surface area (Å²) in [5.74, 6) is -0.442. The highest BCUT2D eigenvalue weighted by molar-refractivity contribution is 6.35. The summed E-state index contributed by atoms with van der Waals surface area (Å²) in [7, 11) is 0. The number of nitro groups is 1. The van der Waals surface area contributed by atoms with E-state index in [2.05, 4.69) is 10.6 Å². The normalized spacial score (nSPS) is 11.8. The van der Waals surface area contributed by atoms with E-state index < -0.39 is 10.8 Å². The molecule has 0 aliphatic carbocycles. The van der Waals surface area contributed by atoms with Crippen molar-refractivity contribution in [2.75, 3.05) is 11.9 Å². The molecule has 1 atom stereocenters. The van der Waals surface area contributed by atoms with Gasteiger partial charge < -0.3 is 10.6 Å². The second-order valence-corrected chi connectivity index (χ2v) is 6.52. The smallest absolute Gasteiger partial charge is 0.292 e. The van der Waals surface area contributed by atoms with Gasteiger partial charge in [-0.3, -0.25) is 14.9 Å².